The van der Waals surface area contributed by atoms with E-state index in [0.29, 0.717) is 23.0 Å². The molecule has 2 aromatic heterocycles. The first-order valence-electron chi connectivity index (χ1n) is 8.19. The SMILES string of the molecule is Cc1cc(C)nc(-n2ncc3c2C[C@@H](c2ccc(Cl)cc2)CC3=O)n1. The van der Waals surface area contributed by atoms with Crippen molar-refractivity contribution in [3.63, 3.8) is 0 Å². The van der Waals surface area contributed by atoms with Crippen LogP contribution in [-0.2, 0) is 6.42 Å². The minimum absolute atomic E-state index is 0.108. The number of aryl methyl sites for hydroxylation is 2. The summed E-state index contributed by atoms with van der Waals surface area (Å²) in [5.74, 6) is 0.735. The number of fused-ring (bicyclic) bond motifs is 1. The van der Waals surface area contributed by atoms with Crippen molar-refractivity contribution >= 4 is 17.4 Å². The van der Waals surface area contributed by atoms with Gasteiger partial charge in [0.2, 0.25) is 0 Å². The highest BCUT2D eigenvalue weighted by Gasteiger charge is 2.30. The van der Waals surface area contributed by atoms with E-state index in [-0.39, 0.29) is 11.7 Å². The van der Waals surface area contributed by atoms with E-state index in [1.54, 1.807) is 10.9 Å². The number of carbonyl (C=O) groups excluding carboxylic acids is 1. The summed E-state index contributed by atoms with van der Waals surface area (Å²) < 4.78 is 1.70. The van der Waals surface area contributed by atoms with Gasteiger partial charge in [-0.05, 0) is 49.9 Å². The summed E-state index contributed by atoms with van der Waals surface area (Å²) in [5.41, 5.74) is 4.41. The van der Waals surface area contributed by atoms with Gasteiger partial charge in [-0.2, -0.15) is 5.10 Å². The molecule has 0 saturated heterocycles. The van der Waals surface area contributed by atoms with Gasteiger partial charge in [0, 0.05) is 22.8 Å². The standard InChI is InChI=1S/C19H17ClN4O/c1-11-7-12(2)23-19(22-11)24-17-8-14(9-18(25)16(17)10-21-24)13-3-5-15(20)6-4-13/h3-7,10,14H,8-9H2,1-2H3/t14-/m1/s1. The van der Waals surface area contributed by atoms with E-state index in [1.807, 2.05) is 44.2 Å². The van der Waals surface area contributed by atoms with Crippen LogP contribution in [0.25, 0.3) is 5.95 Å². The van der Waals surface area contributed by atoms with Gasteiger partial charge in [0.15, 0.2) is 5.78 Å². The molecule has 2 heterocycles. The highest BCUT2D eigenvalue weighted by Crippen LogP contribution is 2.33. The lowest BCUT2D eigenvalue weighted by Crippen LogP contribution is -2.21. The van der Waals surface area contributed by atoms with Crippen molar-refractivity contribution in [2.45, 2.75) is 32.6 Å². The molecule has 6 heteroatoms. The molecule has 1 aliphatic rings. The number of hydrogen-bond acceptors (Lipinski definition) is 4. The summed E-state index contributed by atoms with van der Waals surface area (Å²) >= 11 is 5.98. The number of ketones is 1. The summed E-state index contributed by atoms with van der Waals surface area (Å²) in [7, 11) is 0. The number of aromatic nitrogens is 4. The molecule has 0 spiro atoms. The molecule has 0 radical (unpaired) electrons. The van der Waals surface area contributed by atoms with E-state index in [2.05, 4.69) is 15.1 Å². The van der Waals surface area contributed by atoms with E-state index < -0.39 is 0 Å². The third-order valence-corrected chi connectivity index (χ3v) is 4.79. The van der Waals surface area contributed by atoms with Crippen LogP contribution >= 0.6 is 11.6 Å². The van der Waals surface area contributed by atoms with Gasteiger partial charge in [-0.15, -0.1) is 0 Å². The fourth-order valence-corrected chi connectivity index (χ4v) is 3.51. The molecule has 0 unspecified atom stereocenters. The summed E-state index contributed by atoms with van der Waals surface area (Å²) in [6.07, 6.45) is 2.84. The molecule has 0 N–H and O–H groups in total. The van der Waals surface area contributed by atoms with Crippen LogP contribution in [0.4, 0.5) is 0 Å². The maximum atomic E-state index is 12.6. The molecule has 5 nitrogen and oxygen atoms in total. The monoisotopic (exact) mass is 352 g/mol. The van der Waals surface area contributed by atoms with Crippen LogP contribution < -0.4 is 0 Å². The van der Waals surface area contributed by atoms with Crippen LogP contribution in [0.3, 0.4) is 0 Å². The molecule has 3 aromatic rings. The Kier molecular flexibility index (Phi) is 3.88. The van der Waals surface area contributed by atoms with E-state index in [4.69, 9.17) is 11.6 Å². The average Bonchev–Trinajstić information content (AvgIpc) is 2.99. The number of Topliss-reactive ketones (excluding diaryl/α,β-unsaturated/α-hetero) is 1. The Hall–Kier alpha value is -2.53. The average molecular weight is 353 g/mol. The van der Waals surface area contributed by atoms with E-state index in [0.717, 1.165) is 29.1 Å². The molecule has 126 valence electrons. The number of benzene rings is 1. The van der Waals surface area contributed by atoms with Crippen molar-refractivity contribution < 1.29 is 4.79 Å². The van der Waals surface area contributed by atoms with Gasteiger partial charge in [-0.25, -0.2) is 14.6 Å². The molecule has 1 atom stereocenters. The van der Waals surface area contributed by atoms with Crippen molar-refractivity contribution in [2.24, 2.45) is 0 Å². The molecule has 0 amide bonds. The lowest BCUT2D eigenvalue weighted by molar-refractivity contribution is 0.0963. The van der Waals surface area contributed by atoms with Crippen LogP contribution in [0, 0.1) is 13.8 Å². The fraction of sp³-hybridized carbons (Fsp3) is 0.263. The van der Waals surface area contributed by atoms with E-state index in [1.165, 1.54) is 0 Å². The summed E-state index contributed by atoms with van der Waals surface area (Å²) in [5, 5.41) is 5.09. The molecule has 4 rings (SSSR count). The first-order chi connectivity index (χ1) is 12.0. The van der Waals surface area contributed by atoms with Crippen LogP contribution in [0.15, 0.2) is 36.5 Å². The maximum absolute atomic E-state index is 12.6. The Morgan fingerprint density at radius 2 is 1.76 bits per heavy atom. The first kappa shape index (κ1) is 16.0. The molecular formula is C19H17ClN4O. The van der Waals surface area contributed by atoms with Crippen molar-refractivity contribution in [3.8, 4) is 5.95 Å². The topological polar surface area (TPSA) is 60.7 Å². The quantitative estimate of drug-likeness (QED) is 0.703. The zero-order chi connectivity index (χ0) is 17.6. The number of nitrogens with zero attached hydrogens (tertiary/aromatic N) is 4. The number of halogens is 1. The van der Waals surface area contributed by atoms with Crippen LogP contribution in [-0.4, -0.2) is 25.5 Å². The first-order valence-corrected chi connectivity index (χ1v) is 8.57. The van der Waals surface area contributed by atoms with Crippen molar-refractivity contribution in [1.82, 2.24) is 19.7 Å². The molecule has 0 saturated carbocycles. The molecule has 0 aliphatic heterocycles. The lowest BCUT2D eigenvalue weighted by atomic mass is 9.82. The molecule has 25 heavy (non-hydrogen) atoms. The summed E-state index contributed by atoms with van der Waals surface area (Å²) in [4.78, 5) is 21.6. The Balaban J connectivity index is 1.76. The predicted octanol–water partition coefficient (Wildman–Crippen LogP) is 3.85. The molecule has 1 aromatic carbocycles. The van der Waals surface area contributed by atoms with Gasteiger partial charge in [0.25, 0.3) is 5.95 Å². The fourth-order valence-electron chi connectivity index (χ4n) is 3.39. The van der Waals surface area contributed by atoms with Gasteiger partial charge >= 0.3 is 0 Å². The second kappa shape index (κ2) is 6.08. The summed E-state index contributed by atoms with van der Waals surface area (Å²) in [6, 6.07) is 9.61. The third-order valence-electron chi connectivity index (χ3n) is 4.54. The highest BCUT2D eigenvalue weighted by molar-refractivity contribution is 6.30. The number of carbonyl (C=O) groups is 1. The largest absolute Gasteiger partial charge is 0.294 e. The smallest absolute Gasteiger partial charge is 0.251 e. The number of rotatable bonds is 2. The Bertz CT molecular complexity index is 942. The Morgan fingerprint density at radius 1 is 1.08 bits per heavy atom. The van der Waals surface area contributed by atoms with Gasteiger partial charge < -0.3 is 0 Å². The van der Waals surface area contributed by atoms with Gasteiger partial charge in [0.05, 0.1) is 17.5 Å². The van der Waals surface area contributed by atoms with Crippen LogP contribution in [0.5, 0.6) is 0 Å². The molecular weight excluding hydrogens is 336 g/mol. The minimum atomic E-state index is 0.108. The predicted molar refractivity (Wildman–Crippen MR) is 95.5 cm³/mol. The maximum Gasteiger partial charge on any atom is 0.251 e. The van der Waals surface area contributed by atoms with Gasteiger partial charge in [-0.3, -0.25) is 4.79 Å². The molecule has 1 aliphatic carbocycles. The minimum Gasteiger partial charge on any atom is -0.294 e. The van der Waals surface area contributed by atoms with Crippen molar-refractivity contribution in [3.05, 3.63) is 69.8 Å². The number of hydrogen-bond donors (Lipinski definition) is 0. The normalized spacial score (nSPS) is 16.8. The van der Waals surface area contributed by atoms with E-state index in [9.17, 15) is 4.79 Å². The van der Waals surface area contributed by atoms with Crippen LogP contribution in [0.2, 0.25) is 5.02 Å². The van der Waals surface area contributed by atoms with Crippen LogP contribution in [0.1, 0.15) is 45.3 Å². The third kappa shape index (κ3) is 2.96. The summed E-state index contributed by atoms with van der Waals surface area (Å²) in [6.45, 7) is 3.85. The highest BCUT2D eigenvalue weighted by atomic mass is 35.5. The lowest BCUT2D eigenvalue weighted by Gasteiger charge is -2.22. The Labute approximate surface area is 150 Å². The van der Waals surface area contributed by atoms with E-state index >= 15 is 0 Å². The van der Waals surface area contributed by atoms with Crippen molar-refractivity contribution in [1.29, 1.82) is 0 Å². The van der Waals surface area contributed by atoms with Gasteiger partial charge in [0.1, 0.15) is 0 Å². The van der Waals surface area contributed by atoms with Crippen molar-refractivity contribution in [2.75, 3.05) is 0 Å². The zero-order valence-corrected chi connectivity index (χ0v) is 14.8. The second-order valence-electron chi connectivity index (χ2n) is 6.45. The molecule has 0 fully saturated rings. The molecule has 0 bridgehead atoms. The Morgan fingerprint density at radius 3 is 2.44 bits per heavy atom. The second-order valence-corrected chi connectivity index (χ2v) is 6.88. The van der Waals surface area contributed by atoms with Gasteiger partial charge in [-0.1, -0.05) is 23.7 Å². The zero-order valence-electron chi connectivity index (χ0n) is 14.0.